The fraction of sp³-hybridized carbons (Fsp3) is 0.111. The molecular weight excluding hydrogens is 352 g/mol. The van der Waals surface area contributed by atoms with E-state index < -0.39 is 0 Å². The zero-order valence-corrected chi connectivity index (χ0v) is 14.6. The van der Waals surface area contributed by atoms with Crippen LogP contribution in [-0.2, 0) is 0 Å². The lowest BCUT2D eigenvalue weighted by Gasteiger charge is -2.11. The van der Waals surface area contributed by atoms with E-state index in [0.29, 0.717) is 5.95 Å². The first-order chi connectivity index (χ1) is 11.1. The van der Waals surface area contributed by atoms with Crippen molar-refractivity contribution in [1.29, 1.82) is 0 Å². The van der Waals surface area contributed by atoms with Crippen molar-refractivity contribution in [1.82, 2.24) is 9.97 Å². The summed E-state index contributed by atoms with van der Waals surface area (Å²) >= 11 is 3.55. The lowest BCUT2D eigenvalue weighted by molar-refractivity contribution is 1.16. The first-order valence-electron chi connectivity index (χ1n) is 7.31. The highest BCUT2D eigenvalue weighted by atomic mass is 79.9. The van der Waals surface area contributed by atoms with Gasteiger partial charge < -0.3 is 10.6 Å². The average molecular weight is 369 g/mol. The minimum absolute atomic E-state index is 0.549. The number of para-hydroxylation sites is 1. The van der Waals surface area contributed by atoms with Gasteiger partial charge in [0.1, 0.15) is 5.82 Å². The maximum Gasteiger partial charge on any atom is 0.229 e. The maximum absolute atomic E-state index is 4.51. The average Bonchev–Trinajstić information content (AvgIpc) is 2.53. The molecule has 2 N–H and O–H groups in total. The molecule has 3 rings (SSSR count). The predicted octanol–water partition coefficient (Wildman–Crippen LogP) is 5.34. The Bertz CT molecular complexity index is 833. The monoisotopic (exact) mass is 368 g/mol. The molecule has 1 heterocycles. The molecule has 0 fully saturated rings. The van der Waals surface area contributed by atoms with Gasteiger partial charge in [-0.05, 0) is 65.2 Å². The molecule has 0 aliphatic heterocycles. The van der Waals surface area contributed by atoms with Crippen molar-refractivity contribution >= 4 is 39.1 Å². The largest absolute Gasteiger partial charge is 0.340 e. The van der Waals surface area contributed by atoms with Crippen LogP contribution in [0, 0.1) is 13.8 Å². The molecule has 3 aromatic rings. The van der Waals surface area contributed by atoms with Gasteiger partial charge in [0.25, 0.3) is 0 Å². The summed E-state index contributed by atoms with van der Waals surface area (Å²) in [4.78, 5) is 8.79. The Morgan fingerprint density at radius 1 is 0.913 bits per heavy atom. The van der Waals surface area contributed by atoms with E-state index >= 15 is 0 Å². The number of rotatable bonds is 4. The fourth-order valence-corrected chi connectivity index (χ4v) is 2.77. The molecule has 0 aliphatic carbocycles. The van der Waals surface area contributed by atoms with Crippen LogP contribution < -0.4 is 10.6 Å². The van der Waals surface area contributed by atoms with Gasteiger partial charge in [0.15, 0.2) is 0 Å². The lowest BCUT2D eigenvalue weighted by atomic mass is 10.2. The van der Waals surface area contributed by atoms with Gasteiger partial charge in [-0.2, -0.15) is 4.98 Å². The molecule has 23 heavy (non-hydrogen) atoms. The van der Waals surface area contributed by atoms with Crippen molar-refractivity contribution in [3.05, 3.63) is 70.3 Å². The number of halogens is 1. The van der Waals surface area contributed by atoms with Crippen LogP contribution in [0.25, 0.3) is 0 Å². The van der Waals surface area contributed by atoms with Crippen LogP contribution in [0.2, 0.25) is 0 Å². The third-order valence-electron chi connectivity index (χ3n) is 3.43. The molecule has 2 aromatic carbocycles. The van der Waals surface area contributed by atoms with E-state index in [1.807, 2.05) is 36.4 Å². The molecule has 0 aliphatic rings. The zero-order chi connectivity index (χ0) is 16.2. The molecule has 0 saturated carbocycles. The quantitative estimate of drug-likeness (QED) is 0.652. The van der Waals surface area contributed by atoms with Crippen molar-refractivity contribution in [3.63, 3.8) is 0 Å². The Hall–Kier alpha value is -2.40. The number of hydrogen-bond donors (Lipinski definition) is 2. The van der Waals surface area contributed by atoms with E-state index in [2.05, 4.69) is 62.5 Å². The number of nitrogens with one attached hydrogen (secondary N) is 2. The Morgan fingerprint density at radius 2 is 1.74 bits per heavy atom. The first kappa shape index (κ1) is 15.5. The van der Waals surface area contributed by atoms with Gasteiger partial charge in [-0.1, -0.05) is 24.3 Å². The van der Waals surface area contributed by atoms with E-state index in [1.54, 1.807) is 6.20 Å². The summed E-state index contributed by atoms with van der Waals surface area (Å²) in [6.07, 6.45) is 1.73. The fourth-order valence-electron chi connectivity index (χ4n) is 2.18. The molecule has 0 unspecified atom stereocenters. The van der Waals surface area contributed by atoms with Crippen molar-refractivity contribution in [2.24, 2.45) is 0 Å². The highest BCUT2D eigenvalue weighted by molar-refractivity contribution is 9.10. The van der Waals surface area contributed by atoms with E-state index in [1.165, 1.54) is 11.1 Å². The van der Waals surface area contributed by atoms with Crippen molar-refractivity contribution in [2.45, 2.75) is 13.8 Å². The van der Waals surface area contributed by atoms with E-state index in [0.717, 1.165) is 21.7 Å². The minimum Gasteiger partial charge on any atom is -0.340 e. The number of aryl methyl sites for hydroxylation is 2. The van der Waals surface area contributed by atoms with Gasteiger partial charge >= 0.3 is 0 Å². The van der Waals surface area contributed by atoms with E-state index in [9.17, 15) is 0 Å². The second-order valence-electron chi connectivity index (χ2n) is 5.31. The molecule has 0 amide bonds. The van der Waals surface area contributed by atoms with Gasteiger partial charge in [0.05, 0.1) is 5.69 Å². The Labute approximate surface area is 144 Å². The topological polar surface area (TPSA) is 49.8 Å². The smallest absolute Gasteiger partial charge is 0.229 e. The van der Waals surface area contributed by atoms with Gasteiger partial charge in [-0.15, -0.1) is 0 Å². The van der Waals surface area contributed by atoms with Gasteiger partial charge in [0.2, 0.25) is 5.95 Å². The minimum atomic E-state index is 0.549. The second kappa shape index (κ2) is 6.79. The van der Waals surface area contributed by atoms with Gasteiger partial charge in [-0.3, -0.25) is 0 Å². The number of aromatic nitrogens is 2. The summed E-state index contributed by atoms with van der Waals surface area (Å²) < 4.78 is 0.985. The van der Waals surface area contributed by atoms with Crippen LogP contribution in [0.3, 0.4) is 0 Å². The molecule has 1 aromatic heterocycles. The summed E-state index contributed by atoms with van der Waals surface area (Å²) in [7, 11) is 0. The van der Waals surface area contributed by atoms with Gasteiger partial charge in [-0.25, -0.2) is 4.98 Å². The Kier molecular flexibility index (Phi) is 4.57. The number of anilines is 4. The maximum atomic E-state index is 4.51. The van der Waals surface area contributed by atoms with E-state index in [-0.39, 0.29) is 0 Å². The zero-order valence-electron chi connectivity index (χ0n) is 13.0. The summed E-state index contributed by atoms with van der Waals surface area (Å²) in [6.45, 7) is 4.11. The normalized spacial score (nSPS) is 10.4. The number of benzene rings is 2. The third kappa shape index (κ3) is 3.87. The van der Waals surface area contributed by atoms with Crippen LogP contribution in [0.15, 0.2) is 59.2 Å². The lowest BCUT2D eigenvalue weighted by Crippen LogP contribution is -2.01. The van der Waals surface area contributed by atoms with Gasteiger partial charge in [0, 0.05) is 16.4 Å². The van der Waals surface area contributed by atoms with E-state index in [4.69, 9.17) is 0 Å². The SMILES string of the molecule is Cc1ccc(Nc2nccc(Nc3ccccc3C)n2)c(Br)c1. The standard InChI is InChI=1S/C18H17BrN4/c1-12-7-8-16(14(19)11-12)22-18-20-10-9-17(23-18)21-15-6-4-3-5-13(15)2/h3-11H,1-2H3,(H2,20,21,22,23). The number of hydrogen-bond acceptors (Lipinski definition) is 4. The van der Waals surface area contributed by atoms with Crippen LogP contribution in [0.1, 0.15) is 11.1 Å². The molecule has 0 atom stereocenters. The van der Waals surface area contributed by atoms with Crippen molar-refractivity contribution in [3.8, 4) is 0 Å². The first-order valence-corrected chi connectivity index (χ1v) is 8.10. The summed E-state index contributed by atoms with van der Waals surface area (Å²) in [5.74, 6) is 1.30. The van der Waals surface area contributed by atoms with Crippen molar-refractivity contribution < 1.29 is 0 Å². The summed E-state index contributed by atoms with van der Waals surface area (Å²) in [6, 6.07) is 16.1. The van der Waals surface area contributed by atoms with Crippen LogP contribution >= 0.6 is 15.9 Å². The third-order valence-corrected chi connectivity index (χ3v) is 4.09. The van der Waals surface area contributed by atoms with Crippen molar-refractivity contribution in [2.75, 3.05) is 10.6 Å². The highest BCUT2D eigenvalue weighted by Gasteiger charge is 2.05. The molecule has 4 nitrogen and oxygen atoms in total. The van der Waals surface area contributed by atoms with Crippen LogP contribution in [0.5, 0.6) is 0 Å². The highest BCUT2D eigenvalue weighted by Crippen LogP contribution is 2.26. The summed E-state index contributed by atoms with van der Waals surface area (Å²) in [5.41, 5.74) is 4.33. The Balaban J connectivity index is 1.81. The molecule has 0 saturated heterocycles. The second-order valence-corrected chi connectivity index (χ2v) is 6.17. The molecule has 0 radical (unpaired) electrons. The van der Waals surface area contributed by atoms with Crippen LogP contribution in [-0.4, -0.2) is 9.97 Å². The summed E-state index contributed by atoms with van der Waals surface area (Å²) in [5, 5.41) is 6.55. The molecular formula is C18H17BrN4. The predicted molar refractivity (Wildman–Crippen MR) is 98.7 cm³/mol. The molecule has 116 valence electrons. The Morgan fingerprint density at radius 3 is 2.52 bits per heavy atom. The molecule has 0 spiro atoms. The molecule has 5 heteroatoms. The number of nitrogens with zero attached hydrogens (tertiary/aromatic N) is 2. The molecule has 0 bridgehead atoms. The van der Waals surface area contributed by atoms with Crippen LogP contribution in [0.4, 0.5) is 23.1 Å².